The van der Waals surface area contributed by atoms with Crippen LogP contribution < -0.4 is 14.2 Å². The lowest BCUT2D eigenvalue weighted by atomic mass is 10.0. The molecule has 0 aromatic heterocycles. The highest BCUT2D eigenvalue weighted by atomic mass is 32.2. The fourth-order valence-electron chi connectivity index (χ4n) is 3.37. The molecule has 32 heavy (non-hydrogen) atoms. The number of methoxy groups -OCH3 is 1. The van der Waals surface area contributed by atoms with Crippen LogP contribution in [0.3, 0.4) is 0 Å². The van der Waals surface area contributed by atoms with Crippen LogP contribution in [0, 0.1) is 27.7 Å². The Bertz CT molecular complexity index is 1320. The minimum atomic E-state index is -3.85. The molecule has 0 saturated heterocycles. The van der Waals surface area contributed by atoms with Gasteiger partial charge < -0.3 is 4.74 Å². The third-order valence-corrected chi connectivity index (χ3v) is 8.38. The number of anilines is 2. The van der Waals surface area contributed by atoms with E-state index in [0.29, 0.717) is 22.6 Å². The Labute approximate surface area is 189 Å². The lowest BCUT2D eigenvalue weighted by Crippen LogP contribution is -2.17. The summed E-state index contributed by atoms with van der Waals surface area (Å²) < 4.78 is 61.6. The van der Waals surface area contributed by atoms with Gasteiger partial charge in [0.2, 0.25) is 0 Å². The molecule has 7 nitrogen and oxygen atoms in total. The van der Waals surface area contributed by atoms with Crippen molar-refractivity contribution in [3.63, 3.8) is 0 Å². The summed E-state index contributed by atoms with van der Waals surface area (Å²) in [6.45, 7) is 7.29. The van der Waals surface area contributed by atoms with Crippen molar-refractivity contribution in [3.8, 4) is 5.75 Å². The van der Waals surface area contributed by atoms with Crippen LogP contribution >= 0.6 is 0 Å². The van der Waals surface area contributed by atoms with Crippen molar-refractivity contribution in [3.05, 3.63) is 76.9 Å². The summed E-state index contributed by atoms with van der Waals surface area (Å²) in [5, 5.41) is 0. The molecule has 0 fully saturated rings. The second-order valence-electron chi connectivity index (χ2n) is 7.55. The second kappa shape index (κ2) is 8.84. The van der Waals surface area contributed by atoms with E-state index in [1.165, 1.54) is 31.4 Å². The van der Waals surface area contributed by atoms with Gasteiger partial charge in [0.1, 0.15) is 5.75 Å². The van der Waals surface area contributed by atoms with E-state index in [-0.39, 0.29) is 15.5 Å². The fraction of sp³-hybridized carbons (Fsp3) is 0.217. The van der Waals surface area contributed by atoms with Crippen LogP contribution in [0.1, 0.15) is 22.3 Å². The molecule has 0 heterocycles. The molecule has 2 N–H and O–H groups in total. The van der Waals surface area contributed by atoms with Crippen LogP contribution in [0.4, 0.5) is 11.4 Å². The van der Waals surface area contributed by atoms with Crippen molar-refractivity contribution in [2.45, 2.75) is 37.5 Å². The topological polar surface area (TPSA) is 102 Å². The van der Waals surface area contributed by atoms with Crippen LogP contribution in [0.2, 0.25) is 0 Å². The zero-order valence-electron chi connectivity index (χ0n) is 18.6. The smallest absolute Gasteiger partial charge is 0.262 e. The Morgan fingerprint density at radius 2 is 1.09 bits per heavy atom. The van der Waals surface area contributed by atoms with Crippen molar-refractivity contribution >= 4 is 31.4 Å². The van der Waals surface area contributed by atoms with E-state index in [2.05, 4.69) is 9.44 Å². The van der Waals surface area contributed by atoms with Gasteiger partial charge in [0.05, 0.1) is 16.9 Å². The van der Waals surface area contributed by atoms with E-state index >= 15 is 0 Å². The third-order valence-electron chi connectivity index (χ3n) is 5.33. The third kappa shape index (κ3) is 4.89. The molecule has 0 unspecified atom stereocenters. The Kier molecular flexibility index (Phi) is 6.52. The van der Waals surface area contributed by atoms with Crippen LogP contribution in [0.15, 0.2) is 64.4 Å². The maximum absolute atomic E-state index is 13.1. The van der Waals surface area contributed by atoms with Crippen LogP contribution in [-0.2, 0) is 20.0 Å². The highest BCUT2D eigenvalue weighted by molar-refractivity contribution is 7.93. The van der Waals surface area contributed by atoms with Gasteiger partial charge in [-0.15, -0.1) is 0 Å². The van der Waals surface area contributed by atoms with Crippen molar-refractivity contribution in [2.75, 3.05) is 16.6 Å². The first-order chi connectivity index (χ1) is 14.9. The van der Waals surface area contributed by atoms with E-state index in [1.807, 2.05) is 19.9 Å². The number of hydrogen-bond acceptors (Lipinski definition) is 5. The molecule has 0 aliphatic rings. The summed E-state index contributed by atoms with van der Waals surface area (Å²) in [6, 6.07) is 14.0. The number of ether oxygens (including phenoxy) is 1. The highest BCUT2D eigenvalue weighted by Crippen LogP contribution is 2.28. The Balaban J connectivity index is 1.84. The number of nitrogens with one attached hydrogen (secondary N) is 2. The van der Waals surface area contributed by atoms with Crippen molar-refractivity contribution in [1.82, 2.24) is 0 Å². The fourth-order valence-corrected chi connectivity index (χ4v) is 6.10. The predicted molar refractivity (Wildman–Crippen MR) is 126 cm³/mol. The Morgan fingerprint density at radius 3 is 1.56 bits per heavy atom. The predicted octanol–water partition coefficient (Wildman–Crippen LogP) is 4.53. The minimum absolute atomic E-state index is 0.00928. The van der Waals surface area contributed by atoms with Crippen LogP contribution in [-0.4, -0.2) is 23.9 Å². The number of benzene rings is 3. The van der Waals surface area contributed by atoms with Gasteiger partial charge in [-0.2, -0.15) is 0 Å². The SMILES string of the molecule is COc1ccc(NS(=O)(=O)c2ccc(NS(=O)(=O)c3c(C)c(C)cc(C)c3C)cc2)cc1. The largest absolute Gasteiger partial charge is 0.497 e. The molecule has 3 aromatic rings. The molecule has 0 amide bonds. The van der Waals surface area contributed by atoms with E-state index < -0.39 is 20.0 Å². The van der Waals surface area contributed by atoms with E-state index in [1.54, 1.807) is 38.1 Å². The molecule has 0 saturated carbocycles. The van der Waals surface area contributed by atoms with Gasteiger partial charge in [-0.3, -0.25) is 9.44 Å². The molecule has 0 aliphatic carbocycles. The molecule has 0 bridgehead atoms. The summed E-state index contributed by atoms with van der Waals surface area (Å²) in [7, 11) is -6.16. The number of aryl methyl sites for hydroxylation is 2. The molecule has 170 valence electrons. The maximum Gasteiger partial charge on any atom is 0.262 e. The molecular formula is C23H26N2O5S2. The van der Waals surface area contributed by atoms with Gasteiger partial charge in [-0.25, -0.2) is 16.8 Å². The van der Waals surface area contributed by atoms with Gasteiger partial charge in [0, 0.05) is 11.4 Å². The first-order valence-corrected chi connectivity index (χ1v) is 12.8. The number of sulfonamides is 2. The van der Waals surface area contributed by atoms with Crippen LogP contribution in [0.25, 0.3) is 0 Å². The molecule has 0 spiro atoms. The number of rotatable bonds is 7. The number of hydrogen-bond donors (Lipinski definition) is 2. The van der Waals surface area contributed by atoms with Crippen molar-refractivity contribution in [1.29, 1.82) is 0 Å². The first kappa shape index (κ1) is 23.6. The molecule has 0 atom stereocenters. The highest BCUT2D eigenvalue weighted by Gasteiger charge is 2.22. The summed E-state index contributed by atoms with van der Waals surface area (Å²) in [6.07, 6.45) is 0. The van der Waals surface area contributed by atoms with Gasteiger partial charge in [-0.1, -0.05) is 6.07 Å². The lowest BCUT2D eigenvalue weighted by molar-refractivity contribution is 0.415. The zero-order chi connectivity index (χ0) is 23.7. The molecular weight excluding hydrogens is 448 g/mol. The van der Waals surface area contributed by atoms with E-state index in [9.17, 15) is 16.8 Å². The minimum Gasteiger partial charge on any atom is -0.497 e. The Hall–Kier alpha value is -3.04. The quantitative estimate of drug-likeness (QED) is 0.524. The molecule has 0 radical (unpaired) electrons. The van der Waals surface area contributed by atoms with E-state index in [4.69, 9.17) is 4.74 Å². The van der Waals surface area contributed by atoms with Gasteiger partial charge >= 0.3 is 0 Å². The monoisotopic (exact) mass is 474 g/mol. The first-order valence-electron chi connectivity index (χ1n) is 9.82. The zero-order valence-corrected chi connectivity index (χ0v) is 20.2. The Morgan fingerprint density at radius 1 is 0.656 bits per heavy atom. The summed E-state index contributed by atoms with van der Waals surface area (Å²) in [4.78, 5) is 0.253. The molecule has 3 rings (SSSR count). The van der Waals surface area contributed by atoms with Gasteiger partial charge in [0.25, 0.3) is 20.0 Å². The molecule has 3 aromatic carbocycles. The van der Waals surface area contributed by atoms with Crippen molar-refractivity contribution < 1.29 is 21.6 Å². The normalized spacial score (nSPS) is 11.8. The summed E-state index contributed by atoms with van der Waals surface area (Å²) in [5.74, 6) is 0.610. The average molecular weight is 475 g/mol. The summed E-state index contributed by atoms with van der Waals surface area (Å²) in [5.41, 5.74) is 3.80. The van der Waals surface area contributed by atoms with Gasteiger partial charge in [0.15, 0.2) is 0 Å². The van der Waals surface area contributed by atoms with E-state index in [0.717, 1.165) is 11.1 Å². The molecule has 0 aliphatic heterocycles. The van der Waals surface area contributed by atoms with Crippen molar-refractivity contribution in [2.24, 2.45) is 0 Å². The standard InChI is InChI=1S/C23H26N2O5S2/c1-15-14-16(2)18(4)23(17(15)3)32(28,29)25-20-8-12-22(13-9-20)31(26,27)24-19-6-10-21(30-5)11-7-19/h6-14,24-25H,1-5H3. The average Bonchev–Trinajstić information content (AvgIpc) is 2.72. The van der Waals surface area contributed by atoms with Crippen LogP contribution in [0.5, 0.6) is 5.75 Å². The second-order valence-corrected chi connectivity index (χ2v) is 10.9. The lowest BCUT2D eigenvalue weighted by Gasteiger charge is -2.17. The summed E-state index contributed by atoms with van der Waals surface area (Å²) >= 11 is 0. The molecule has 9 heteroatoms. The maximum atomic E-state index is 13.1. The van der Waals surface area contributed by atoms with Gasteiger partial charge in [-0.05, 0) is 98.5 Å².